The molecule has 0 atom stereocenters. The van der Waals surface area contributed by atoms with Gasteiger partial charge in [0.05, 0.1) is 16.6 Å². The van der Waals surface area contributed by atoms with Crippen LogP contribution in [0, 0.1) is 17.0 Å². The number of nitrogens with zero attached hydrogens (tertiary/aromatic N) is 1. The number of ketones is 1. The van der Waals surface area contributed by atoms with Crippen LogP contribution in [0.4, 0.5) is 5.69 Å². The summed E-state index contributed by atoms with van der Waals surface area (Å²) < 4.78 is 16.3. The fourth-order valence-corrected chi connectivity index (χ4v) is 2.80. The monoisotopic (exact) mass is 397 g/mol. The number of carbonyl (C=O) groups excluding carboxylic acids is 2. The first-order valence-electron chi connectivity index (χ1n) is 8.91. The van der Waals surface area contributed by atoms with E-state index in [1.807, 2.05) is 0 Å². The van der Waals surface area contributed by atoms with Crippen LogP contribution in [0.5, 0.6) is 11.5 Å². The van der Waals surface area contributed by atoms with Gasteiger partial charge in [0.1, 0.15) is 11.5 Å². The molecule has 0 saturated carbocycles. The molecule has 0 radical (unpaired) electrons. The number of nitro groups is 1. The molecular formula is C21H19NO7. The van der Waals surface area contributed by atoms with E-state index in [4.69, 9.17) is 14.2 Å². The summed E-state index contributed by atoms with van der Waals surface area (Å²) in [5, 5.41) is 10.7. The van der Waals surface area contributed by atoms with E-state index in [1.54, 1.807) is 32.9 Å². The molecule has 0 fully saturated rings. The van der Waals surface area contributed by atoms with Crippen LogP contribution in [0.25, 0.3) is 6.08 Å². The lowest BCUT2D eigenvalue weighted by Crippen LogP contribution is -2.19. The van der Waals surface area contributed by atoms with Gasteiger partial charge < -0.3 is 14.2 Å². The third kappa shape index (κ3) is 4.43. The molecule has 0 aromatic heterocycles. The van der Waals surface area contributed by atoms with Crippen molar-refractivity contribution in [2.45, 2.75) is 26.9 Å². The first-order valence-corrected chi connectivity index (χ1v) is 8.91. The number of allylic oxidation sites excluding steroid dienone is 1. The van der Waals surface area contributed by atoms with E-state index < -0.39 is 10.9 Å². The molecule has 2 aromatic carbocycles. The van der Waals surface area contributed by atoms with Crippen LogP contribution in [0.15, 0.2) is 42.2 Å². The summed E-state index contributed by atoms with van der Waals surface area (Å²) in [6.45, 7) is 4.97. The molecule has 0 N–H and O–H groups in total. The third-order valence-electron chi connectivity index (χ3n) is 4.15. The van der Waals surface area contributed by atoms with Gasteiger partial charge in [-0.25, -0.2) is 4.79 Å². The Balaban J connectivity index is 1.78. The lowest BCUT2D eigenvalue weighted by Gasteiger charge is -2.12. The number of benzene rings is 2. The van der Waals surface area contributed by atoms with E-state index in [9.17, 15) is 19.7 Å². The standard InChI is InChI=1S/C21H19NO7/c1-12(2)28-19(23)11-27-17-9-8-16-20(24)18(29-21(16)13(17)3)10-14-4-6-15(7-5-14)22(25)26/h4-10,12H,11H2,1-3H3/b18-10-. The van der Waals surface area contributed by atoms with Crippen molar-refractivity contribution < 1.29 is 28.7 Å². The first kappa shape index (κ1) is 20.1. The van der Waals surface area contributed by atoms with E-state index in [2.05, 4.69) is 0 Å². The Kier molecular flexibility index (Phi) is 5.63. The van der Waals surface area contributed by atoms with Crippen molar-refractivity contribution in [1.82, 2.24) is 0 Å². The van der Waals surface area contributed by atoms with Crippen LogP contribution >= 0.6 is 0 Å². The Morgan fingerprint density at radius 3 is 2.52 bits per heavy atom. The Bertz CT molecular complexity index is 1010. The minimum absolute atomic E-state index is 0.0391. The second-order valence-electron chi connectivity index (χ2n) is 6.68. The number of fused-ring (bicyclic) bond motifs is 1. The fourth-order valence-electron chi connectivity index (χ4n) is 2.80. The molecule has 3 rings (SSSR count). The summed E-state index contributed by atoms with van der Waals surface area (Å²) >= 11 is 0. The predicted octanol–water partition coefficient (Wildman–Crippen LogP) is 3.85. The maximum atomic E-state index is 12.6. The third-order valence-corrected chi connectivity index (χ3v) is 4.15. The molecule has 1 aliphatic heterocycles. The topological polar surface area (TPSA) is 105 Å². The van der Waals surface area contributed by atoms with Gasteiger partial charge in [-0.1, -0.05) is 0 Å². The molecule has 1 heterocycles. The number of non-ortho nitro benzene ring substituents is 1. The number of hydrogen-bond donors (Lipinski definition) is 0. The van der Waals surface area contributed by atoms with Gasteiger partial charge in [0.15, 0.2) is 12.4 Å². The maximum Gasteiger partial charge on any atom is 0.344 e. The highest BCUT2D eigenvalue weighted by Gasteiger charge is 2.30. The summed E-state index contributed by atoms with van der Waals surface area (Å²) in [7, 11) is 0. The van der Waals surface area contributed by atoms with Gasteiger partial charge in [-0.15, -0.1) is 0 Å². The molecule has 0 aliphatic carbocycles. The van der Waals surface area contributed by atoms with Gasteiger partial charge >= 0.3 is 5.97 Å². The van der Waals surface area contributed by atoms with Crippen LogP contribution in [0.3, 0.4) is 0 Å². The van der Waals surface area contributed by atoms with Crippen LogP contribution in [0.2, 0.25) is 0 Å². The van der Waals surface area contributed by atoms with Crippen LogP contribution < -0.4 is 9.47 Å². The first-order chi connectivity index (χ1) is 13.8. The van der Waals surface area contributed by atoms with Gasteiger partial charge in [-0.2, -0.15) is 0 Å². The molecule has 8 nitrogen and oxygen atoms in total. The Hall–Kier alpha value is -3.68. The molecule has 0 saturated heterocycles. The Morgan fingerprint density at radius 1 is 1.21 bits per heavy atom. The summed E-state index contributed by atoms with van der Waals surface area (Å²) in [5.41, 5.74) is 1.52. The lowest BCUT2D eigenvalue weighted by molar-refractivity contribution is -0.384. The molecular weight excluding hydrogens is 378 g/mol. The second kappa shape index (κ2) is 8.14. The SMILES string of the molecule is Cc1c(OCC(=O)OC(C)C)ccc2c1O/C(=C\c1ccc([N+](=O)[O-])cc1)C2=O. The van der Waals surface area contributed by atoms with Crippen molar-refractivity contribution in [2.24, 2.45) is 0 Å². The fraction of sp³-hybridized carbons (Fsp3) is 0.238. The number of Topliss-reactive ketones (excluding diaryl/α,β-unsaturated/α-hetero) is 1. The van der Waals surface area contributed by atoms with Gasteiger partial charge in [0, 0.05) is 17.7 Å². The highest BCUT2D eigenvalue weighted by Crippen LogP contribution is 2.39. The molecule has 0 spiro atoms. The van der Waals surface area contributed by atoms with Gasteiger partial charge in [0.25, 0.3) is 5.69 Å². The quantitative estimate of drug-likeness (QED) is 0.315. The number of nitro benzene ring substituents is 1. The van der Waals surface area contributed by atoms with E-state index in [0.717, 1.165) is 0 Å². The molecule has 0 amide bonds. The van der Waals surface area contributed by atoms with E-state index >= 15 is 0 Å². The highest BCUT2D eigenvalue weighted by atomic mass is 16.6. The molecule has 2 aromatic rings. The van der Waals surface area contributed by atoms with Crippen molar-refractivity contribution >= 4 is 23.5 Å². The van der Waals surface area contributed by atoms with E-state index in [1.165, 1.54) is 30.3 Å². The van der Waals surface area contributed by atoms with Crippen molar-refractivity contribution in [3.05, 3.63) is 69.0 Å². The van der Waals surface area contributed by atoms with Gasteiger partial charge in [-0.05, 0) is 56.7 Å². The number of carbonyl (C=O) groups is 2. The normalized spacial score (nSPS) is 13.9. The molecule has 8 heteroatoms. The Labute approximate surface area is 166 Å². The summed E-state index contributed by atoms with van der Waals surface area (Å²) in [6, 6.07) is 8.95. The largest absolute Gasteiger partial charge is 0.481 e. The smallest absolute Gasteiger partial charge is 0.344 e. The molecule has 1 aliphatic rings. The predicted molar refractivity (Wildman–Crippen MR) is 104 cm³/mol. The number of esters is 1. The zero-order valence-corrected chi connectivity index (χ0v) is 16.1. The van der Waals surface area contributed by atoms with E-state index in [-0.39, 0.29) is 29.9 Å². The molecule has 0 bridgehead atoms. The summed E-state index contributed by atoms with van der Waals surface area (Å²) in [4.78, 5) is 34.5. The number of hydrogen-bond acceptors (Lipinski definition) is 7. The zero-order chi connectivity index (χ0) is 21.1. The minimum Gasteiger partial charge on any atom is -0.481 e. The maximum absolute atomic E-state index is 12.6. The lowest BCUT2D eigenvalue weighted by atomic mass is 10.1. The average Bonchev–Trinajstić information content (AvgIpc) is 2.98. The number of ether oxygens (including phenoxy) is 3. The summed E-state index contributed by atoms with van der Waals surface area (Å²) in [6.07, 6.45) is 1.28. The minimum atomic E-state index is -0.494. The zero-order valence-electron chi connectivity index (χ0n) is 16.1. The molecule has 0 unspecified atom stereocenters. The molecule has 29 heavy (non-hydrogen) atoms. The van der Waals surface area contributed by atoms with Gasteiger partial charge in [0.2, 0.25) is 5.78 Å². The average molecular weight is 397 g/mol. The molecule has 150 valence electrons. The second-order valence-corrected chi connectivity index (χ2v) is 6.68. The Morgan fingerprint density at radius 2 is 1.90 bits per heavy atom. The van der Waals surface area contributed by atoms with Crippen LogP contribution in [-0.2, 0) is 9.53 Å². The van der Waals surface area contributed by atoms with Crippen molar-refractivity contribution in [1.29, 1.82) is 0 Å². The van der Waals surface area contributed by atoms with E-state index in [0.29, 0.717) is 28.2 Å². The number of rotatable bonds is 6. The van der Waals surface area contributed by atoms with Crippen LogP contribution in [-0.4, -0.2) is 29.4 Å². The van der Waals surface area contributed by atoms with Crippen molar-refractivity contribution in [3.8, 4) is 11.5 Å². The highest BCUT2D eigenvalue weighted by molar-refractivity contribution is 6.15. The van der Waals surface area contributed by atoms with Crippen molar-refractivity contribution in [3.63, 3.8) is 0 Å². The summed E-state index contributed by atoms with van der Waals surface area (Å²) in [5.74, 6) is 0.0860. The van der Waals surface area contributed by atoms with Crippen molar-refractivity contribution in [2.75, 3.05) is 6.61 Å². The van der Waals surface area contributed by atoms with Gasteiger partial charge in [-0.3, -0.25) is 14.9 Å². The van der Waals surface area contributed by atoms with Crippen LogP contribution in [0.1, 0.15) is 35.3 Å².